The van der Waals surface area contributed by atoms with Crippen LogP contribution in [0.15, 0.2) is 42.5 Å². The molecule has 0 radical (unpaired) electrons. The third kappa shape index (κ3) is 4.15. The Labute approximate surface area is 148 Å². The fourth-order valence-electron chi connectivity index (χ4n) is 2.97. The molecule has 2 aromatic carbocycles. The quantitative estimate of drug-likeness (QED) is 0.362. The summed E-state index contributed by atoms with van der Waals surface area (Å²) in [4.78, 5) is 24.3. The second-order valence-corrected chi connectivity index (χ2v) is 5.93. The van der Waals surface area contributed by atoms with E-state index in [9.17, 15) is 9.59 Å². The first kappa shape index (κ1) is 18.5. The second-order valence-electron chi connectivity index (χ2n) is 5.93. The van der Waals surface area contributed by atoms with E-state index in [4.69, 9.17) is 9.47 Å². The van der Waals surface area contributed by atoms with Gasteiger partial charge in [-0.05, 0) is 37.5 Å². The standard InChI is InChI=1S/C21H22O4/c1-13-11-14(2)18(15(3)12-13)19(21(23)24-5)20(25-16(4)22)17-9-7-6-8-10-17/h6-12H,1-5H3/b20-19-. The van der Waals surface area contributed by atoms with Crippen LogP contribution >= 0.6 is 0 Å². The number of ether oxygens (including phenoxy) is 2. The zero-order valence-corrected chi connectivity index (χ0v) is 15.2. The molecule has 0 unspecified atom stereocenters. The minimum absolute atomic E-state index is 0.204. The molecule has 0 saturated heterocycles. The molecule has 0 N–H and O–H groups in total. The minimum atomic E-state index is -0.546. The molecule has 0 aliphatic rings. The molecule has 130 valence electrons. The van der Waals surface area contributed by atoms with Crippen LogP contribution in [0.4, 0.5) is 0 Å². The first-order valence-electron chi connectivity index (χ1n) is 7.99. The van der Waals surface area contributed by atoms with Gasteiger partial charge in [-0.1, -0.05) is 48.0 Å². The summed E-state index contributed by atoms with van der Waals surface area (Å²) >= 11 is 0. The van der Waals surface area contributed by atoms with Crippen molar-refractivity contribution in [2.45, 2.75) is 27.7 Å². The molecule has 0 amide bonds. The van der Waals surface area contributed by atoms with Crippen LogP contribution in [-0.2, 0) is 19.1 Å². The van der Waals surface area contributed by atoms with Gasteiger partial charge in [-0.25, -0.2) is 4.79 Å². The van der Waals surface area contributed by atoms with Gasteiger partial charge in [0.15, 0.2) is 5.76 Å². The molecule has 0 atom stereocenters. The zero-order valence-electron chi connectivity index (χ0n) is 15.2. The van der Waals surface area contributed by atoms with Crippen molar-refractivity contribution < 1.29 is 19.1 Å². The molecule has 2 aromatic rings. The van der Waals surface area contributed by atoms with Gasteiger partial charge in [-0.3, -0.25) is 4.79 Å². The summed E-state index contributed by atoms with van der Waals surface area (Å²) in [5.74, 6) is -0.840. The van der Waals surface area contributed by atoms with Gasteiger partial charge in [0.25, 0.3) is 0 Å². The highest BCUT2D eigenvalue weighted by Gasteiger charge is 2.25. The third-order valence-electron chi connectivity index (χ3n) is 3.83. The first-order chi connectivity index (χ1) is 11.8. The number of methoxy groups -OCH3 is 1. The fourth-order valence-corrected chi connectivity index (χ4v) is 2.97. The Morgan fingerprint density at radius 3 is 1.96 bits per heavy atom. The summed E-state index contributed by atoms with van der Waals surface area (Å²) in [6.07, 6.45) is 0. The summed E-state index contributed by atoms with van der Waals surface area (Å²) in [6, 6.07) is 13.1. The molecule has 0 fully saturated rings. The molecule has 0 aliphatic heterocycles. The van der Waals surface area contributed by atoms with Crippen molar-refractivity contribution in [3.63, 3.8) is 0 Å². The lowest BCUT2D eigenvalue weighted by atomic mass is 9.91. The van der Waals surface area contributed by atoms with Gasteiger partial charge in [0.1, 0.15) is 5.57 Å². The van der Waals surface area contributed by atoms with E-state index < -0.39 is 11.9 Å². The van der Waals surface area contributed by atoms with Crippen molar-refractivity contribution in [3.8, 4) is 0 Å². The van der Waals surface area contributed by atoms with Crippen molar-refractivity contribution in [1.29, 1.82) is 0 Å². The van der Waals surface area contributed by atoms with E-state index in [0.29, 0.717) is 5.56 Å². The number of hydrogen-bond acceptors (Lipinski definition) is 4. The second kappa shape index (κ2) is 7.79. The molecule has 0 aliphatic carbocycles. The van der Waals surface area contributed by atoms with Gasteiger partial charge in [0.05, 0.1) is 7.11 Å². The summed E-state index contributed by atoms with van der Waals surface area (Å²) in [6.45, 7) is 7.16. The summed E-state index contributed by atoms with van der Waals surface area (Å²) in [5.41, 5.74) is 4.53. The van der Waals surface area contributed by atoms with E-state index in [1.54, 1.807) is 12.1 Å². The van der Waals surface area contributed by atoms with Crippen LogP contribution in [0.3, 0.4) is 0 Å². The minimum Gasteiger partial charge on any atom is -0.465 e. The van der Waals surface area contributed by atoms with Crippen LogP contribution in [0.25, 0.3) is 11.3 Å². The van der Waals surface area contributed by atoms with Crippen LogP contribution in [-0.4, -0.2) is 19.0 Å². The maximum atomic E-state index is 12.6. The maximum Gasteiger partial charge on any atom is 0.342 e. The number of hydrogen-bond donors (Lipinski definition) is 0. The Morgan fingerprint density at radius 1 is 0.920 bits per heavy atom. The number of esters is 2. The van der Waals surface area contributed by atoms with E-state index in [-0.39, 0.29) is 11.3 Å². The zero-order chi connectivity index (χ0) is 18.6. The van der Waals surface area contributed by atoms with Gasteiger partial charge in [0.2, 0.25) is 0 Å². The van der Waals surface area contributed by atoms with Crippen molar-refractivity contribution in [3.05, 3.63) is 70.3 Å². The summed E-state index contributed by atoms with van der Waals surface area (Å²) < 4.78 is 10.5. The number of aryl methyl sites for hydroxylation is 3. The molecule has 25 heavy (non-hydrogen) atoms. The molecule has 0 bridgehead atoms. The number of carbonyl (C=O) groups excluding carboxylic acids is 2. The van der Waals surface area contributed by atoms with Crippen molar-refractivity contribution in [2.75, 3.05) is 7.11 Å². The van der Waals surface area contributed by atoms with E-state index in [2.05, 4.69) is 0 Å². The monoisotopic (exact) mass is 338 g/mol. The van der Waals surface area contributed by atoms with Crippen LogP contribution in [0.1, 0.15) is 34.7 Å². The molecule has 0 heterocycles. The fraction of sp³-hybridized carbons (Fsp3) is 0.238. The van der Waals surface area contributed by atoms with Gasteiger partial charge in [0, 0.05) is 12.5 Å². The molecular weight excluding hydrogens is 316 g/mol. The Kier molecular flexibility index (Phi) is 5.75. The van der Waals surface area contributed by atoms with Crippen LogP contribution in [0.2, 0.25) is 0 Å². The highest BCUT2D eigenvalue weighted by atomic mass is 16.5. The topological polar surface area (TPSA) is 52.6 Å². The van der Waals surface area contributed by atoms with Crippen molar-refractivity contribution in [1.82, 2.24) is 0 Å². The largest absolute Gasteiger partial charge is 0.465 e. The average molecular weight is 338 g/mol. The average Bonchev–Trinajstić information content (AvgIpc) is 2.56. The molecule has 4 nitrogen and oxygen atoms in total. The lowest BCUT2D eigenvalue weighted by Crippen LogP contribution is -2.12. The Morgan fingerprint density at radius 2 is 1.48 bits per heavy atom. The van der Waals surface area contributed by atoms with Crippen LogP contribution < -0.4 is 0 Å². The van der Waals surface area contributed by atoms with Gasteiger partial charge in [-0.15, -0.1) is 0 Å². The highest BCUT2D eigenvalue weighted by molar-refractivity contribution is 6.24. The number of carbonyl (C=O) groups is 2. The van der Waals surface area contributed by atoms with Crippen LogP contribution in [0, 0.1) is 20.8 Å². The van der Waals surface area contributed by atoms with E-state index in [1.807, 2.05) is 51.1 Å². The van der Waals surface area contributed by atoms with Crippen molar-refractivity contribution >= 4 is 23.3 Å². The predicted octanol–water partition coefficient (Wildman–Crippen LogP) is 4.22. The molecule has 0 aromatic heterocycles. The lowest BCUT2D eigenvalue weighted by molar-refractivity contribution is -0.134. The van der Waals surface area contributed by atoms with Gasteiger partial charge >= 0.3 is 11.9 Å². The summed E-state index contributed by atoms with van der Waals surface area (Å²) in [7, 11) is 1.32. The maximum absolute atomic E-state index is 12.6. The first-order valence-corrected chi connectivity index (χ1v) is 7.99. The molecule has 2 rings (SSSR count). The van der Waals surface area contributed by atoms with Gasteiger partial charge < -0.3 is 9.47 Å². The molecule has 0 saturated carbocycles. The van der Waals surface area contributed by atoms with Gasteiger partial charge in [-0.2, -0.15) is 0 Å². The Hall–Kier alpha value is -2.88. The molecule has 4 heteroatoms. The summed E-state index contributed by atoms with van der Waals surface area (Å²) in [5, 5.41) is 0. The predicted molar refractivity (Wildman–Crippen MR) is 97.7 cm³/mol. The Balaban J connectivity index is 2.87. The number of rotatable bonds is 4. The highest BCUT2D eigenvalue weighted by Crippen LogP contribution is 2.33. The van der Waals surface area contributed by atoms with E-state index >= 15 is 0 Å². The van der Waals surface area contributed by atoms with Crippen molar-refractivity contribution in [2.24, 2.45) is 0 Å². The normalized spacial score (nSPS) is 11.6. The smallest absolute Gasteiger partial charge is 0.342 e. The lowest BCUT2D eigenvalue weighted by Gasteiger charge is -2.18. The third-order valence-corrected chi connectivity index (χ3v) is 3.83. The van der Waals surface area contributed by atoms with E-state index in [0.717, 1.165) is 22.3 Å². The number of benzene rings is 2. The SMILES string of the molecule is COC(=O)/C(=C(\OC(C)=O)c1ccccc1)c1c(C)cc(C)cc1C. The van der Waals surface area contributed by atoms with Crippen LogP contribution in [0.5, 0.6) is 0 Å². The molecule has 0 spiro atoms. The Bertz CT molecular complexity index is 809. The van der Waals surface area contributed by atoms with E-state index in [1.165, 1.54) is 14.0 Å². The molecular formula is C21H22O4.